The molecular weight excluding hydrogens is 276 g/mol. The van der Waals surface area contributed by atoms with E-state index < -0.39 is 0 Å². The molecule has 4 nitrogen and oxygen atoms in total. The molecule has 0 aromatic heterocycles. The maximum absolute atomic E-state index is 12.6. The van der Waals surface area contributed by atoms with E-state index in [4.69, 9.17) is 0 Å². The van der Waals surface area contributed by atoms with Crippen molar-refractivity contribution in [3.63, 3.8) is 0 Å². The van der Waals surface area contributed by atoms with Crippen molar-refractivity contribution in [3.8, 4) is 0 Å². The summed E-state index contributed by atoms with van der Waals surface area (Å²) in [7, 11) is 0. The predicted octanol–water partition coefficient (Wildman–Crippen LogP) is 2.92. The number of hydrogen-bond donors (Lipinski definition) is 0. The van der Waals surface area contributed by atoms with Crippen molar-refractivity contribution in [1.29, 1.82) is 0 Å². The molecule has 2 fully saturated rings. The molecule has 0 N–H and O–H groups in total. The molecule has 1 saturated carbocycles. The smallest absolute Gasteiger partial charge is 0.222 e. The summed E-state index contributed by atoms with van der Waals surface area (Å²) in [6, 6.07) is 0. The van der Waals surface area contributed by atoms with Crippen molar-refractivity contribution in [2.24, 2.45) is 17.3 Å². The van der Waals surface area contributed by atoms with E-state index in [0.29, 0.717) is 36.8 Å². The van der Waals surface area contributed by atoms with E-state index in [1.165, 1.54) is 12.8 Å². The van der Waals surface area contributed by atoms with Crippen LogP contribution in [0, 0.1) is 17.3 Å². The van der Waals surface area contributed by atoms with Gasteiger partial charge in [-0.2, -0.15) is 0 Å². The topological polar surface area (TPSA) is 40.6 Å². The van der Waals surface area contributed by atoms with Crippen LogP contribution in [-0.2, 0) is 9.59 Å². The molecule has 0 unspecified atom stereocenters. The highest BCUT2D eigenvalue weighted by Crippen LogP contribution is 2.42. The Hall–Kier alpha value is -1.06. The summed E-state index contributed by atoms with van der Waals surface area (Å²) in [5.41, 5.74) is 0.368. The number of carbonyl (C=O) groups is 2. The Morgan fingerprint density at radius 2 is 1.68 bits per heavy atom. The number of carbonyl (C=O) groups excluding carboxylic acids is 2. The summed E-state index contributed by atoms with van der Waals surface area (Å²) < 4.78 is 0. The SMILES string of the molecule is CC(=O)N1CCCN(C(=O)C[C@@H]2C[C@H](C)CC(C)(C)C2)CC1. The van der Waals surface area contributed by atoms with Gasteiger partial charge in [-0.3, -0.25) is 9.59 Å². The van der Waals surface area contributed by atoms with E-state index in [2.05, 4.69) is 20.8 Å². The van der Waals surface area contributed by atoms with Crippen molar-refractivity contribution in [3.05, 3.63) is 0 Å². The molecule has 1 aliphatic heterocycles. The molecule has 4 heteroatoms. The zero-order valence-corrected chi connectivity index (χ0v) is 14.7. The molecule has 0 aromatic rings. The Labute approximate surface area is 135 Å². The Kier molecular flexibility index (Phi) is 5.51. The molecule has 0 aromatic carbocycles. The molecule has 126 valence electrons. The average Bonchev–Trinajstić information content (AvgIpc) is 2.61. The minimum absolute atomic E-state index is 0.122. The first kappa shape index (κ1) is 17.3. The molecule has 1 aliphatic carbocycles. The first-order valence-electron chi connectivity index (χ1n) is 8.80. The highest BCUT2D eigenvalue weighted by Gasteiger charge is 2.33. The lowest BCUT2D eigenvalue weighted by Gasteiger charge is -2.39. The Morgan fingerprint density at radius 3 is 2.32 bits per heavy atom. The van der Waals surface area contributed by atoms with Crippen LogP contribution >= 0.6 is 0 Å². The summed E-state index contributed by atoms with van der Waals surface area (Å²) >= 11 is 0. The Bertz CT molecular complexity index is 419. The third-order valence-corrected chi connectivity index (χ3v) is 5.24. The second kappa shape index (κ2) is 7.01. The minimum Gasteiger partial charge on any atom is -0.341 e. The quantitative estimate of drug-likeness (QED) is 0.787. The maximum atomic E-state index is 12.6. The maximum Gasteiger partial charge on any atom is 0.222 e. The fraction of sp³-hybridized carbons (Fsp3) is 0.889. The number of nitrogens with zero attached hydrogens (tertiary/aromatic N) is 2. The first-order chi connectivity index (χ1) is 10.3. The van der Waals surface area contributed by atoms with Crippen LogP contribution in [0.2, 0.25) is 0 Å². The van der Waals surface area contributed by atoms with Gasteiger partial charge < -0.3 is 9.80 Å². The average molecular weight is 308 g/mol. The molecule has 1 heterocycles. The predicted molar refractivity (Wildman–Crippen MR) is 88.4 cm³/mol. The van der Waals surface area contributed by atoms with Gasteiger partial charge in [0.25, 0.3) is 0 Å². The third-order valence-electron chi connectivity index (χ3n) is 5.24. The van der Waals surface area contributed by atoms with Gasteiger partial charge in [-0.05, 0) is 42.9 Å². The van der Waals surface area contributed by atoms with E-state index in [9.17, 15) is 9.59 Å². The van der Waals surface area contributed by atoms with Crippen LogP contribution in [0.5, 0.6) is 0 Å². The van der Waals surface area contributed by atoms with Gasteiger partial charge in [-0.25, -0.2) is 0 Å². The van der Waals surface area contributed by atoms with Crippen molar-refractivity contribution in [2.75, 3.05) is 26.2 Å². The Morgan fingerprint density at radius 1 is 1.05 bits per heavy atom. The zero-order chi connectivity index (χ0) is 16.3. The van der Waals surface area contributed by atoms with Crippen LogP contribution < -0.4 is 0 Å². The van der Waals surface area contributed by atoms with Crippen molar-refractivity contribution < 1.29 is 9.59 Å². The fourth-order valence-corrected chi connectivity index (χ4v) is 4.56. The molecule has 22 heavy (non-hydrogen) atoms. The lowest BCUT2D eigenvalue weighted by molar-refractivity contribution is -0.134. The van der Waals surface area contributed by atoms with Gasteiger partial charge in [0, 0.05) is 39.5 Å². The van der Waals surface area contributed by atoms with Gasteiger partial charge in [0.2, 0.25) is 11.8 Å². The van der Waals surface area contributed by atoms with Gasteiger partial charge in [0.05, 0.1) is 0 Å². The zero-order valence-electron chi connectivity index (χ0n) is 14.7. The molecule has 0 bridgehead atoms. The minimum atomic E-state index is 0.122. The number of amides is 2. The summed E-state index contributed by atoms with van der Waals surface area (Å²) in [4.78, 5) is 28.0. The van der Waals surface area contributed by atoms with E-state index >= 15 is 0 Å². The highest BCUT2D eigenvalue weighted by atomic mass is 16.2. The van der Waals surface area contributed by atoms with Crippen molar-refractivity contribution in [2.45, 2.75) is 59.8 Å². The van der Waals surface area contributed by atoms with Crippen LogP contribution in [0.1, 0.15) is 59.8 Å². The number of hydrogen-bond acceptors (Lipinski definition) is 2. The second-order valence-electron chi connectivity index (χ2n) is 8.22. The molecule has 0 spiro atoms. The highest BCUT2D eigenvalue weighted by molar-refractivity contribution is 5.77. The molecular formula is C18H32N2O2. The molecule has 2 aliphatic rings. The van der Waals surface area contributed by atoms with E-state index in [1.54, 1.807) is 6.92 Å². The number of rotatable bonds is 2. The van der Waals surface area contributed by atoms with E-state index in [0.717, 1.165) is 31.8 Å². The third kappa shape index (κ3) is 4.72. The van der Waals surface area contributed by atoms with Crippen LogP contribution in [0.25, 0.3) is 0 Å². The van der Waals surface area contributed by atoms with Crippen molar-refractivity contribution in [1.82, 2.24) is 9.80 Å². The molecule has 2 atom stereocenters. The first-order valence-corrected chi connectivity index (χ1v) is 8.80. The molecule has 2 amide bonds. The van der Waals surface area contributed by atoms with Crippen LogP contribution in [0.3, 0.4) is 0 Å². The molecule has 1 saturated heterocycles. The van der Waals surface area contributed by atoms with Gasteiger partial charge in [0.1, 0.15) is 0 Å². The lowest BCUT2D eigenvalue weighted by atomic mass is 9.67. The summed E-state index contributed by atoms with van der Waals surface area (Å²) in [6.45, 7) is 11.6. The van der Waals surface area contributed by atoms with Gasteiger partial charge >= 0.3 is 0 Å². The van der Waals surface area contributed by atoms with Crippen LogP contribution in [0.15, 0.2) is 0 Å². The summed E-state index contributed by atoms with van der Waals surface area (Å²) in [6.07, 6.45) is 5.21. The largest absolute Gasteiger partial charge is 0.341 e. The second-order valence-corrected chi connectivity index (χ2v) is 8.22. The van der Waals surface area contributed by atoms with Crippen LogP contribution in [0.4, 0.5) is 0 Å². The fourth-order valence-electron chi connectivity index (χ4n) is 4.56. The van der Waals surface area contributed by atoms with E-state index in [-0.39, 0.29) is 5.91 Å². The Balaban J connectivity index is 1.88. The lowest BCUT2D eigenvalue weighted by Crippen LogP contribution is -2.38. The molecule has 0 radical (unpaired) electrons. The van der Waals surface area contributed by atoms with Gasteiger partial charge in [0.15, 0.2) is 0 Å². The summed E-state index contributed by atoms with van der Waals surface area (Å²) in [5, 5.41) is 0. The van der Waals surface area contributed by atoms with E-state index in [1.807, 2.05) is 9.80 Å². The monoisotopic (exact) mass is 308 g/mol. The van der Waals surface area contributed by atoms with Crippen LogP contribution in [-0.4, -0.2) is 47.8 Å². The standard InChI is InChI=1S/C18H32N2O2/c1-14-10-16(13-18(3,4)12-14)11-17(22)20-7-5-6-19(8-9-20)15(2)21/h14,16H,5-13H2,1-4H3/t14-,16-/m0/s1. The summed E-state index contributed by atoms with van der Waals surface area (Å²) in [5.74, 6) is 1.66. The van der Waals surface area contributed by atoms with Gasteiger partial charge in [-0.15, -0.1) is 0 Å². The van der Waals surface area contributed by atoms with Gasteiger partial charge in [-0.1, -0.05) is 20.8 Å². The normalized spacial score (nSPS) is 29.1. The molecule has 2 rings (SSSR count). The van der Waals surface area contributed by atoms with Crippen molar-refractivity contribution >= 4 is 11.8 Å².